The molecule has 14 heavy (non-hydrogen) atoms. The standard InChI is InChI=1S/C12H18O2/c1-14-12(13)11-6-7-5-10(11)9-4-2-3-8(7)9/h7-11H,2-6H2,1H3. The minimum atomic E-state index is 0.0582. The Balaban J connectivity index is 1.80. The number of methoxy groups -OCH3 is 1. The van der Waals surface area contributed by atoms with Crippen molar-refractivity contribution in [2.24, 2.45) is 29.6 Å². The highest BCUT2D eigenvalue weighted by molar-refractivity contribution is 5.73. The molecule has 0 radical (unpaired) electrons. The monoisotopic (exact) mass is 194 g/mol. The van der Waals surface area contributed by atoms with Gasteiger partial charge in [-0.1, -0.05) is 6.42 Å². The summed E-state index contributed by atoms with van der Waals surface area (Å²) in [4.78, 5) is 11.6. The molecule has 2 bridgehead atoms. The zero-order valence-corrected chi connectivity index (χ0v) is 8.74. The second-order valence-electron chi connectivity index (χ2n) is 5.28. The minimum Gasteiger partial charge on any atom is -0.469 e. The van der Waals surface area contributed by atoms with Crippen LogP contribution in [0.25, 0.3) is 0 Å². The predicted molar refractivity (Wildman–Crippen MR) is 52.6 cm³/mol. The van der Waals surface area contributed by atoms with Gasteiger partial charge in [0.15, 0.2) is 0 Å². The summed E-state index contributed by atoms with van der Waals surface area (Å²) in [7, 11) is 1.53. The first-order valence-corrected chi connectivity index (χ1v) is 5.89. The Kier molecular flexibility index (Phi) is 1.86. The van der Waals surface area contributed by atoms with Gasteiger partial charge >= 0.3 is 5.97 Å². The van der Waals surface area contributed by atoms with Gasteiger partial charge in [-0.3, -0.25) is 4.79 Å². The molecule has 3 rings (SSSR count). The van der Waals surface area contributed by atoms with Crippen LogP contribution in [-0.2, 0) is 9.53 Å². The Labute approximate surface area is 85.0 Å². The van der Waals surface area contributed by atoms with Gasteiger partial charge in [0.25, 0.3) is 0 Å². The van der Waals surface area contributed by atoms with Gasteiger partial charge in [-0.2, -0.15) is 0 Å². The maximum absolute atomic E-state index is 11.6. The molecule has 2 heteroatoms. The van der Waals surface area contributed by atoms with Crippen molar-refractivity contribution in [1.82, 2.24) is 0 Å². The lowest BCUT2D eigenvalue weighted by Gasteiger charge is -2.29. The molecule has 5 unspecified atom stereocenters. The predicted octanol–water partition coefficient (Wildman–Crippen LogP) is 2.23. The Morgan fingerprint density at radius 2 is 1.93 bits per heavy atom. The number of fused-ring (bicyclic) bond motifs is 5. The van der Waals surface area contributed by atoms with Gasteiger partial charge in [-0.05, 0) is 49.4 Å². The van der Waals surface area contributed by atoms with Gasteiger partial charge in [0.2, 0.25) is 0 Å². The summed E-state index contributed by atoms with van der Waals surface area (Å²) in [5.74, 6) is 3.70. The Hall–Kier alpha value is -0.530. The summed E-state index contributed by atoms with van der Waals surface area (Å²) in [6, 6.07) is 0. The van der Waals surface area contributed by atoms with Crippen molar-refractivity contribution < 1.29 is 9.53 Å². The normalized spacial score (nSPS) is 49.4. The molecule has 3 fully saturated rings. The molecule has 78 valence electrons. The number of rotatable bonds is 1. The van der Waals surface area contributed by atoms with Crippen LogP contribution in [0.4, 0.5) is 0 Å². The molecule has 0 aromatic heterocycles. The van der Waals surface area contributed by atoms with Crippen LogP contribution in [-0.4, -0.2) is 13.1 Å². The van der Waals surface area contributed by atoms with Crippen LogP contribution in [0.5, 0.6) is 0 Å². The fourth-order valence-corrected chi connectivity index (χ4v) is 4.49. The molecule has 0 saturated heterocycles. The summed E-state index contributed by atoms with van der Waals surface area (Å²) in [6.45, 7) is 0. The van der Waals surface area contributed by atoms with Gasteiger partial charge in [0, 0.05) is 0 Å². The number of esters is 1. The minimum absolute atomic E-state index is 0.0582. The average Bonchev–Trinajstić information content (AvgIpc) is 2.86. The maximum Gasteiger partial charge on any atom is 0.308 e. The summed E-state index contributed by atoms with van der Waals surface area (Å²) in [5.41, 5.74) is 0. The molecule has 0 aromatic carbocycles. The molecular formula is C12H18O2. The van der Waals surface area contributed by atoms with Crippen molar-refractivity contribution >= 4 is 5.97 Å². The maximum atomic E-state index is 11.6. The van der Waals surface area contributed by atoms with E-state index < -0.39 is 0 Å². The van der Waals surface area contributed by atoms with Crippen molar-refractivity contribution in [3.63, 3.8) is 0 Å². The molecule has 0 spiro atoms. The number of hydrogen-bond donors (Lipinski definition) is 0. The zero-order valence-electron chi connectivity index (χ0n) is 8.74. The Bertz CT molecular complexity index is 261. The molecule has 3 saturated carbocycles. The summed E-state index contributed by atoms with van der Waals surface area (Å²) < 4.78 is 4.90. The number of carbonyl (C=O) groups is 1. The lowest BCUT2D eigenvalue weighted by atomic mass is 9.76. The van der Waals surface area contributed by atoms with Crippen LogP contribution >= 0.6 is 0 Å². The van der Waals surface area contributed by atoms with Crippen molar-refractivity contribution in [1.29, 1.82) is 0 Å². The molecule has 3 aliphatic carbocycles. The van der Waals surface area contributed by atoms with Crippen molar-refractivity contribution in [3.8, 4) is 0 Å². The number of carbonyl (C=O) groups excluding carboxylic acids is 1. The van der Waals surface area contributed by atoms with E-state index in [1.807, 2.05) is 0 Å². The zero-order chi connectivity index (χ0) is 9.71. The Morgan fingerprint density at radius 1 is 1.14 bits per heavy atom. The topological polar surface area (TPSA) is 26.3 Å². The van der Waals surface area contributed by atoms with E-state index in [1.165, 1.54) is 32.8 Å². The van der Waals surface area contributed by atoms with E-state index >= 15 is 0 Å². The van der Waals surface area contributed by atoms with E-state index in [9.17, 15) is 4.79 Å². The SMILES string of the molecule is COC(=O)C1CC2CC1C1CCCC21. The van der Waals surface area contributed by atoms with E-state index in [-0.39, 0.29) is 11.9 Å². The Morgan fingerprint density at radius 3 is 2.71 bits per heavy atom. The van der Waals surface area contributed by atoms with Gasteiger partial charge in [-0.15, -0.1) is 0 Å². The van der Waals surface area contributed by atoms with E-state index in [0.29, 0.717) is 5.92 Å². The van der Waals surface area contributed by atoms with E-state index in [2.05, 4.69) is 0 Å². The summed E-state index contributed by atoms with van der Waals surface area (Å²) in [6.07, 6.45) is 6.64. The molecule has 0 amide bonds. The summed E-state index contributed by atoms with van der Waals surface area (Å²) >= 11 is 0. The van der Waals surface area contributed by atoms with Gasteiger partial charge in [0.05, 0.1) is 13.0 Å². The number of ether oxygens (including phenoxy) is 1. The lowest BCUT2D eigenvalue weighted by Crippen LogP contribution is -2.30. The summed E-state index contributed by atoms with van der Waals surface area (Å²) in [5, 5.41) is 0. The van der Waals surface area contributed by atoms with Crippen molar-refractivity contribution in [2.45, 2.75) is 32.1 Å². The molecule has 5 atom stereocenters. The third-order valence-electron chi connectivity index (χ3n) is 4.93. The number of hydrogen-bond acceptors (Lipinski definition) is 2. The fraction of sp³-hybridized carbons (Fsp3) is 0.917. The molecular weight excluding hydrogens is 176 g/mol. The molecule has 0 heterocycles. The molecule has 2 nitrogen and oxygen atoms in total. The molecule has 0 aliphatic heterocycles. The highest BCUT2D eigenvalue weighted by Crippen LogP contribution is 2.61. The van der Waals surface area contributed by atoms with Crippen molar-refractivity contribution in [3.05, 3.63) is 0 Å². The van der Waals surface area contributed by atoms with E-state index in [4.69, 9.17) is 4.74 Å². The molecule has 0 aromatic rings. The second-order valence-corrected chi connectivity index (χ2v) is 5.28. The van der Waals surface area contributed by atoms with Crippen molar-refractivity contribution in [2.75, 3.05) is 7.11 Å². The van der Waals surface area contributed by atoms with Gasteiger partial charge < -0.3 is 4.74 Å². The van der Waals surface area contributed by atoms with Crippen LogP contribution < -0.4 is 0 Å². The highest BCUT2D eigenvalue weighted by Gasteiger charge is 2.55. The average molecular weight is 194 g/mol. The fourth-order valence-electron chi connectivity index (χ4n) is 4.49. The molecule has 0 N–H and O–H groups in total. The highest BCUT2D eigenvalue weighted by atomic mass is 16.5. The van der Waals surface area contributed by atoms with Crippen LogP contribution in [0, 0.1) is 29.6 Å². The van der Waals surface area contributed by atoms with Crippen LogP contribution in [0.1, 0.15) is 32.1 Å². The largest absolute Gasteiger partial charge is 0.469 e. The van der Waals surface area contributed by atoms with E-state index in [0.717, 1.165) is 24.2 Å². The first-order valence-electron chi connectivity index (χ1n) is 5.89. The lowest BCUT2D eigenvalue weighted by molar-refractivity contribution is -0.148. The third-order valence-corrected chi connectivity index (χ3v) is 4.93. The second kappa shape index (κ2) is 2.98. The van der Waals surface area contributed by atoms with Crippen LogP contribution in [0.2, 0.25) is 0 Å². The molecule has 3 aliphatic rings. The third kappa shape index (κ3) is 0.999. The van der Waals surface area contributed by atoms with Crippen LogP contribution in [0.3, 0.4) is 0 Å². The smallest absolute Gasteiger partial charge is 0.308 e. The van der Waals surface area contributed by atoms with E-state index in [1.54, 1.807) is 0 Å². The first-order chi connectivity index (χ1) is 6.81. The van der Waals surface area contributed by atoms with Crippen LogP contribution in [0.15, 0.2) is 0 Å². The van der Waals surface area contributed by atoms with Gasteiger partial charge in [0.1, 0.15) is 0 Å². The van der Waals surface area contributed by atoms with Gasteiger partial charge in [-0.25, -0.2) is 0 Å². The quantitative estimate of drug-likeness (QED) is 0.598. The first kappa shape index (κ1) is 8.75.